The third kappa shape index (κ3) is 2.60. The highest BCUT2D eigenvalue weighted by Gasteiger charge is 2.47. The van der Waals surface area contributed by atoms with Gasteiger partial charge in [0.25, 0.3) is 5.92 Å². The molecule has 19 heavy (non-hydrogen) atoms. The third-order valence-electron chi connectivity index (χ3n) is 3.31. The minimum atomic E-state index is -2.70. The van der Waals surface area contributed by atoms with Crippen LogP contribution in [0.4, 0.5) is 8.78 Å². The Morgan fingerprint density at radius 2 is 1.42 bits per heavy atom. The van der Waals surface area contributed by atoms with E-state index in [1.807, 2.05) is 30.3 Å². The molecule has 1 saturated carbocycles. The largest absolute Gasteiger partial charge is 0.457 e. The van der Waals surface area contributed by atoms with Gasteiger partial charge in [0.15, 0.2) is 0 Å². The van der Waals surface area contributed by atoms with Crippen LogP contribution in [0.25, 0.3) is 0 Å². The average molecular weight is 260 g/mol. The van der Waals surface area contributed by atoms with Crippen LogP contribution < -0.4 is 4.74 Å². The summed E-state index contributed by atoms with van der Waals surface area (Å²) in [4.78, 5) is 0. The van der Waals surface area contributed by atoms with Crippen molar-refractivity contribution < 1.29 is 13.5 Å². The van der Waals surface area contributed by atoms with Crippen molar-refractivity contribution in [2.45, 2.75) is 18.8 Å². The number of hydrogen-bond acceptors (Lipinski definition) is 1. The SMILES string of the molecule is FC(F)(c1ccc(Oc2ccccc2)cc1)C1CC1. The van der Waals surface area contributed by atoms with Crippen LogP contribution in [-0.2, 0) is 5.92 Å². The average Bonchev–Trinajstić information content (AvgIpc) is 3.25. The fraction of sp³-hybridized carbons (Fsp3) is 0.250. The minimum absolute atomic E-state index is 0.0791. The van der Waals surface area contributed by atoms with E-state index >= 15 is 0 Å². The summed E-state index contributed by atoms with van der Waals surface area (Å²) >= 11 is 0. The van der Waals surface area contributed by atoms with Gasteiger partial charge in [0.2, 0.25) is 0 Å². The monoisotopic (exact) mass is 260 g/mol. The lowest BCUT2D eigenvalue weighted by Crippen LogP contribution is -2.15. The first kappa shape index (κ1) is 12.2. The molecule has 1 aliphatic carbocycles. The molecule has 0 atom stereocenters. The predicted octanol–water partition coefficient (Wildman–Crippen LogP) is 4.98. The summed E-state index contributed by atoms with van der Waals surface area (Å²) in [6.45, 7) is 0. The third-order valence-corrected chi connectivity index (χ3v) is 3.31. The van der Waals surface area contributed by atoms with Gasteiger partial charge in [0, 0.05) is 11.5 Å². The quantitative estimate of drug-likeness (QED) is 0.753. The molecule has 0 N–H and O–H groups in total. The van der Waals surface area contributed by atoms with Gasteiger partial charge in [-0.3, -0.25) is 0 Å². The van der Waals surface area contributed by atoms with Gasteiger partial charge in [-0.25, -0.2) is 8.78 Å². The lowest BCUT2D eigenvalue weighted by atomic mass is 10.0. The maximum absolute atomic E-state index is 13.9. The van der Waals surface area contributed by atoms with Crippen molar-refractivity contribution in [2.24, 2.45) is 5.92 Å². The zero-order chi connectivity index (χ0) is 13.3. The van der Waals surface area contributed by atoms with Crippen molar-refractivity contribution >= 4 is 0 Å². The van der Waals surface area contributed by atoms with Crippen LogP contribution in [0.15, 0.2) is 54.6 Å². The molecule has 0 spiro atoms. The van der Waals surface area contributed by atoms with E-state index in [-0.39, 0.29) is 5.56 Å². The predicted molar refractivity (Wildman–Crippen MR) is 69.6 cm³/mol. The van der Waals surface area contributed by atoms with Crippen LogP contribution in [0, 0.1) is 5.92 Å². The molecule has 2 aromatic rings. The van der Waals surface area contributed by atoms with Gasteiger partial charge in [-0.15, -0.1) is 0 Å². The first-order valence-electron chi connectivity index (χ1n) is 6.37. The molecule has 0 heterocycles. The molecular formula is C16H14F2O. The second kappa shape index (κ2) is 4.65. The molecule has 1 fully saturated rings. The van der Waals surface area contributed by atoms with Gasteiger partial charge in [-0.1, -0.05) is 18.2 Å². The smallest absolute Gasteiger partial charge is 0.276 e. The Labute approximate surface area is 110 Å². The number of rotatable bonds is 4. The molecule has 0 aliphatic heterocycles. The molecule has 0 bridgehead atoms. The lowest BCUT2D eigenvalue weighted by Gasteiger charge is -2.16. The molecular weight excluding hydrogens is 246 g/mol. The second-order valence-electron chi connectivity index (χ2n) is 4.84. The zero-order valence-corrected chi connectivity index (χ0v) is 10.4. The van der Waals surface area contributed by atoms with Crippen LogP contribution in [0.3, 0.4) is 0 Å². The molecule has 0 saturated heterocycles. The zero-order valence-electron chi connectivity index (χ0n) is 10.4. The molecule has 2 aromatic carbocycles. The molecule has 1 aliphatic rings. The number of ether oxygens (including phenoxy) is 1. The maximum atomic E-state index is 13.9. The van der Waals surface area contributed by atoms with Crippen LogP contribution in [0.5, 0.6) is 11.5 Å². The summed E-state index contributed by atoms with van der Waals surface area (Å²) in [6, 6.07) is 15.4. The first-order chi connectivity index (χ1) is 9.16. The molecule has 3 heteroatoms. The standard InChI is InChI=1S/C16H14F2O/c17-16(18,12-6-7-12)13-8-10-15(11-9-13)19-14-4-2-1-3-5-14/h1-5,8-12H,6-7H2. The molecule has 0 unspecified atom stereocenters. The van der Waals surface area contributed by atoms with Gasteiger partial charge in [-0.2, -0.15) is 0 Å². The number of para-hydroxylation sites is 1. The van der Waals surface area contributed by atoms with E-state index in [2.05, 4.69) is 0 Å². The molecule has 98 valence electrons. The van der Waals surface area contributed by atoms with E-state index in [1.54, 1.807) is 12.1 Å². The molecule has 1 nitrogen and oxygen atoms in total. The summed E-state index contributed by atoms with van der Waals surface area (Å²) in [5.74, 6) is -1.91. The molecule has 0 radical (unpaired) electrons. The van der Waals surface area contributed by atoms with Crippen molar-refractivity contribution in [2.75, 3.05) is 0 Å². The molecule has 0 amide bonds. The Morgan fingerprint density at radius 3 is 2.00 bits per heavy atom. The van der Waals surface area contributed by atoms with Crippen molar-refractivity contribution in [3.8, 4) is 11.5 Å². The van der Waals surface area contributed by atoms with Gasteiger partial charge in [0.05, 0.1) is 0 Å². The van der Waals surface area contributed by atoms with Crippen molar-refractivity contribution in [1.29, 1.82) is 0 Å². The number of halogens is 2. The summed E-state index contributed by atoms with van der Waals surface area (Å²) in [7, 11) is 0. The number of benzene rings is 2. The van der Waals surface area contributed by atoms with Crippen LogP contribution >= 0.6 is 0 Å². The van der Waals surface area contributed by atoms with E-state index in [1.165, 1.54) is 12.1 Å². The second-order valence-corrected chi connectivity index (χ2v) is 4.84. The Hall–Kier alpha value is -1.90. The number of hydrogen-bond donors (Lipinski definition) is 0. The van der Waals surface area contributed by atoms with E-state index in [0.29, 0.717) is 24.3 Å². The van der Waals surface area contributed by atoms with E-state index in [0.717, 1.165) is 0 Å². The van der Waals surface area contributed by atoms with Gasteiger partial charge < -0.3 is 4.74 Å². The first-order valence-corrected chi connectivity index (χ1v) is 6.37. The Kier molecular flexibility index (Phi) is 2.97. The van der Waals surface area contributed by atoms with Gasteiger partial charge >= 0.3 is 0 Å². The summed E-state index contributed by atoms with van der Waals surface area (Å²) in [5, 5.41) is 0. The summed E-state index contributed by atoms with van der Waals surface area (Å²) in [5.41, 5.74) is 0.0791. The van der Waals surface area contributed by atoms with Crippen molar-refractivity contribution in [3.05, 3.63) is 60.2 Å². The summed E-state index contributed by atoms with van der Waals surface area (Å²) < 4.78 is 33.3. The van der Waals surface area contributed by atoms with Gasteiger partial charge in [-0.05, 0) is 49.2 Å². The minimum Gasteiger partial charge on any atom is -0.457 e. The van der Waals surface area contributed by atoms with E-state index < -0.39 is 11.8 Å². The topological polar surface area (TPSA) is 9.23 Å². The van der Waals surface area contributed by atoms with Crippen LogP contribution in [0.2, 0.25) is 0 Å². The van der Waals surface area contributed by atoms with E-state index in [9.17, 15) is 8.78 Å². The Balaban J connectivity index is 1.76. The lowest BCUT2D eigenvalue weighted by molar-refractivity contribution is -0.0285. The fourth-order valence-electron chi connectivity index (χ4n) is 2.05. The fourth-order valence-corrected chi connectivity index (χ4v) is 2.05. The summed E-state index contributed by atoms with van der Waals surface area (Å²) in [6.07, 6.45) is 1.24. The Bertz CT molecular complexity index is 545. The maximum Gasteiger partial charge on any atom is 0.276 e. The van der Waals surface area contributed by atoms with Crippen LogP contribution in [-0.4, -0.2) is 0 Å². The molecule has 3 rings (SSSR count). The van der Waals surface area contributed by atoms with Gasteiger partial charge in [0.1, 0.15) is 11.5 Å². The van der Waals surface area contributed by atoms with Crippen LogP contribution in [0.1, 0.15) is 18.4 Å². The highest BCUT2D eigenvalue weighted by molar-refractivity contribution is 5.34. The Morgan fingerprint density at radius 1 is 0.842 bits per heavy atom. The van der Waals surface area contributed by atoms with Crippen molar-refractivity contribution in [3.63, 3.8) is 0 Å². The van der Waals surface area contributed by atoms with E-state index in [4.69, 9.17) is 4.74 Å². The van der Waals surface area contributed by atoms with Crippen molar-refractivity contribution in [1.82, 2.24) is 0 Å². The highest BCUT2D eigenvalue weighted by atomic mass is 19.3. The molecule has 0 aromatic heterocycles. The number of alkyl halides is 2. The highest BCUT2D eigenvalue weighted by Crippen LogP contribution is 2.49. The normalized spacial score (nSPS) is 15.3.